The monoisotopic (exact) mass is 355 g/mol. The van der Waals surface area contributed by atoms with Crippen molar-refractivity contribution in [1.29, 1.82) is 0 Å². The fraction of sp³-hybridized carbons (Fsp3) is 0.357. The van der Waals surface area contributed by atoms with Gasteiger partial charge in [-0.1, -0.05) is 19.1 Å². The van der Waals surface area contributed by atoms with Crippen molar-refractivity contribution in [3.05, 3.63) is 51.4 Å². The summed E-state index contributed by atoms with van der Waals surface area (Å²) in [4.78, 5) is 0. The third kappa shape index (κ3) is 2.92. The Hall–Kier alpha value is -0.880. The summed E-state index contributed by atoms with van der Waals surface area (Å²) in [6, 6.07) is 10.9. The number of benzene rings is 1. The van der Waals surface area contributed by atoms with Gasteiger partial charge < -0.3 is 5.32 Å². The number of rotatable bonds is 5. The number of aromatic nitrogens is 2. The Morgan fingerprint density at radius 3 is 2.83 bits per heavy atom. The van der Waals surface area contributed by atoms with Crippen LogP contribution in [0.25, 0.3) is 0 Å². The van der Waals surface area contributed by atoms with Gasteiger partial charge in [0, 0.05) is 16.3 Å². The molecule has 1 aromatic heterocycles. The molecule has 1 unspecified atom stereocenters. The van der Waals surface area contributed by atoms with Crippen molar-refractivity contribution in [2.75, 3.05) is 6.54 Å². The number of hydrogen-bond acceptors (Lipinski definition) is 2. The summed E-state index contributed by atoms with van der Waals surface area (Å²) in [6.45, 7) is 6.08. The second-order valence-electron chi connectivity index (χ2n) is 4.12. The van der Waals surface area contributed by atoms with Crippen LogP contribution in [0.15, 0.2) is 36.5 Å². The second-order valence-corrected chi connectivity index (χ2v) is 5.36. The summed E-state index contributed by atoms with van der Waals surface area (Å²) in [5.74, 6) is 0. The summed E-state index contributed by atoms with van der Waals surface area (Å²) in [5.41, 5.74) is 2.51. The first kappa shape index (κ1) is 13.5. The summed E-state index contributed by atoms with van der Waals surface area (Å²) >= 11 is 2.35. The van der Waals surface area contributed by atoms with Crippen LogP contribution >= 0.6 is 22.6 Å². The average Bonchev–Trinajstić information content (AvgIpc) is 2.84. The highest BCUT2D eigenvalue weighted by atomic mass is 127. The molecule has 4 heteroatoms. The molecule has 0 radical (unpaired) electrons. The molecule has 0 aliphatic heterocycles. The van der Waals surface area contributed by atoms with Gasteiger partial charge in [0.2, 0.25) is 0 Å². The molecule has 0 fully saturated rings. The molecule has 0 aliphatic carbocycles. The Bertz CT molecular complexity index is 507. The minimum absolute atomic E-state index is 0.215. The minimum atomic E-state index is 0.215. The molecule has 0 saturated heterocycles. The van der Waals surface area contributed by atoms with Crippen LogP contribution in [0.5, 0.6) is 0 Å². The van der Waals surface area contributed by atoms with Gasteiger partial charge in [-0.25, -0.2) is 0 Å². The maximum absolute atomic E-state index is 4.36. The molecule has 0 aliphatic rings. The number of hydrogen-bond donors (Lipinski definition) is 1. The van der Waals surface area contributed by atoms with Crippen LogP contribution in [0.1, 0.15) is 31.1 Å². The van der Waals surface area contributed by atoms with Crippen LogP contribution in [0.3, 0.4) is 0 Å². The van der Waals surface area contributed by atoms with Gasteiger partial charge in [0.15, 0.2) is 0 Å². The molecule has 96 valence electrons. The molecule has 0 saturated carbocycles. The molecule has 0 spiro atoms. The van der Waals surface area contributed by atoms with Gasteiger partial charge in [-0.05, 0) is 59.8 Å². The first-order valence-electron chi connectivity index (χ1n) is 6.26. The second kappa shape index (κ2) is 6.33. The van der Waals surface area contributed by atoms with E-state index in [9.17, 15) is 0 Å². The van der Waals surface area contributed by atoms with E-state index < -0.39 is 0 Å². The lowest BCUT2D eigenvalue weighted by Crippen LogP contribution is -2.24. The van der Waals surface area contributed by atoms with Crippen molar-refractivity contribution in [3.8, 4) is 0 Å². The first-order valence-corrected chi connectivity index (χ1v) is 7.34. The third-order valence-electron chi connectivity index (χ3n) is 2.93. The van der Waals surface area contributed by atoms with Crippen LogP contribution in [-0.2, 0) is 6.54 Å². The molecule has 3 nitrogen and oxygen atoms in total. The SMILES string of the molecule is CCNC(c1cccc(I)c1)c1ccnn1CC. The normalized spacial score (nSPS) is 12.6. The highest BCUT2D eigenvalue weighted by molar-refractivity contribution is 14.1. The van der Waals surface area contributed by atoms with Gasteiger partial charge in [-0.2, -0.15) is 5.10 Å². The van der Waals surface area contributed by atoms with Crippen molar-refractivity contribution in [3.63, 3.8) is 0 Å². The average molecular weight is 355 g/mol. The van der Waals surface area contributed by atoms with Crippen LogP contribution in [0, 0.1) is 3.57 Å². The predicted octanol–water partition coefficient (Wildman–Crippen LogP) is 3.21. The highest BCUT2D eigenvalue weighted by Gasteiger charge is 2.16. The van der Waals surface area contributed by atoms with Crippen LogP contribution in [0.2, 0.25) is 0 Å². The van der Waals surface area contributed by atoms with Crippen molar-refractivity contribution in [2.24, 2.45) is 0 Å². The van der Waals surface area contributed by atoms with E-state index in [1.165, 1.54) is 14.8 Å². The van der Waals surface area contributed by atoms with Crippen LogP contribution in [-0.4, -0.2) is 16.3 Å². The lowest BCUT2D eigenvalue weighted by molar-refractivity contribution is 0.542. The summed E-state index contributed by atoms with van der Waals surface area (Å²) in [6.07, 6.45) is 1.87. The van der Waals surface area contributed by atoms with Gasteiger partial charge in [-0.3, -0.25) is 4.68 Å². The summed E-state index contributed by atoms with van der Waals surface area (Å²) in [5, 5.41) is 7.90. The third-order valence-corrected chi connectivity index (χ3v) is 3.61. The van der Waals surface area contributed by atoms with Crippen LogP contribution in [0.4, 0.5) is 0 Å². The molecule has 1 aromatic carbocycles. The summed E-state index contributed by atoms with van der Waals surface area (Å²) in [7, 11) is 0. The number of halogens is 1. The Kier molecular flexibility index (Phi) is 4.77. The number of aryl methyl sites for hydroxylation is 1. The largest absolute Gasteiger partial charge is 0.305 e. The van der Waals surface area contributed by atoms with Gasteiger partial charge in [0.05, 0.1) is 11.7 Å². The Balaban J connectivity index is 2.39. The molecule has 1 heterocycles. The van der Waals surface area contributed by atoms with Gasteiger partial charge in [0.1, 0.15) is 0 Å². The topological polar surface area (TPSA) is 29.9 Å². The van der Waals surface area contributed by atoms with Crippen molar-refractivity contribution in [2.45, 2.75) is 26.4 Å². The zero-order chi connectivity index (χ0) is 13.0. The molecular weight excluding hydrogens is 337 g/mol. The molecule has 0 amide bonds. The summed E-state index contributed by atoms with van der Waals surface area (Å²) < 4.78 is 3.31. The molecule has 1 N–H and O–H groups in total. The van der Waals surface area contributed by atoms with Crippen LogP contribution < -0.4 is 5.32 Å². The Labute approximate surface area is 122 Å². The van der Waals surface area contributed by atoms with Gasteiger partial charge >= 0.3 is 0 Å². The predicted molar refractivity (Wildman–Crippen MR) is 82.6 cm³/mol. The zero-order valence-corrected chi connectivity index (χ0v) is 12.9. The Morgan fingerprint density at radius 1 is 1.33 bits per heavy atom. The maximum Gasteiger partial charge on any atom is 0.0748 e. The molecule has 2 aromatic rings. The van der Waals surface area contributed by atoms with E-state index in [1.54, 1.807) is 0 Å². The molecule has 18 heavy (non-hydrogen) atoms. The molecule has 0 bridgehead atoms. The van der Waals surface area contributed by atoms with Crippen molar-refractivity contribution < 1.29 is 0 Å². The number of nitrogens with one attached hydrogen (secondary N) is 1. The van der Waals surface area contributed by atoms with Crippen molar-refractivity contribution >= 4 is 22.6 Å². The van der Waals surface area contributed by atoms with E-state index in [-0.39, 0.29) is 6.04 Å². The first-order chi connectivity index (χ1) is 8.76. The molecule has 2 rings (SSSR count). The van der Waals surface area contributed by atoms with E-state index in [0.29, 0.717) is 0 Å². The van der Waals surface area contributed by atoms with E-state index in [0.717, 1.165) is 13.1 Å². The van der Waals surface area contributed by atoms with E-state index in [4.69, 9.17) is 0 Å². The zero-order valence-electron chi connectivity index (χ0n) is 10.7. The van der Waals surface area contributed by atoms with Gasteiger partial charge in [0.25, 0.3) is 0 Å². The fourth-order valence-corrected chi connectivity index (χ4v) is 2.70. The quantitative estimate of drug-likeness (QED) is 0.835. The Morgan fingerprint density at radius 2 is 2.17 bits per heavy atom. The van der Waals surface area contributed by atoms with E-state index in [2.05, 4.69) is 77.2 Å². The lowest BCUT2D eigenvalue weighted by atomic mass is 10.0. The van der Waals surface area contributed by atoms with E-state index in [1.807, 2.05) is 10.9 Å². The van der Waals surface area contributed by atoms with Gasteiger partial charge in [-0.15, -0.1) is 0 Å². The minimum Gasteiger partial charge on any atom is -0.305 e. The maximum atomic E-state index is 4.36. The fourth-order valence-electron chi connectivity index (χ4n) is 2.14. The highest BCUT2D eigenvalue weighted by Crippen LogP contribution is 2.23. The standard InChI is InChI=1S/C14H18IN3/c1-3-16-14(11-6-5-7-12(15)10-11)13-8-9-17-18(13)4-2/h5-10,14,16H,3-4H2,1-2H3. The molecular formula is C14H18IN3. The lowest BCUT2D eigenvalue weighted by Gasteiger charge is -2.19. The van der Waals surface area contributed by atoms with Crippen molar-refractivity contribution in [1.82, 2.24) is 15.1 Å². The molecule has 1 atom stereocenters. The smallest absolute Gasteiger partial charge is 0.0748 e. The van der Waals surface area contributed by atoms with E-state index >= 15 is 0 Å². The number of nitrogens with zero attached hydrogens (tertiary/aromatic N) is 2.